The van der Waals surface area contributed by atoms with E-state index in [0.29, 0.717) is 16.8 Å². The molecule has 1 heterocycles. The molecule has 2 aromatic carbocycles. The van der Waals surface area contributed by atoms with E-state index < -0.39 is 23.6 Å². The molecule has 0 aliphatic carbocycles. The molecule has 190 valence electrons. The number of anilines is 1. The minimum Gasteiger partial charge on any atom is -0.352 e. The molecule has 0 fully saturated rings. The molecule has 0 aliphatic heterocycles. The van der Waals surface area contributed by atoms with Gasteiger partial charge in [0.2, 0.25) is 11.8 Å². The summed E-state index contributed by atoms with van der Waals surface area (Å²) >= 11 is 1.13. The zero-order chi connectivity index (χ0) is 26.3. The summed E-state index contributed by atoms with van der Waals surface area (Å²) in [4.78, 5) is 43.2. The second-order valence-corrected chi connectivity index (χ2v) is 9.09. The maximum absolute atomic E-state index is 12.8. The number of hydrogen-bond donors (Lipinski definition) is 2. The number of halogens is 3. The van der Waals surface area contributed by atoms with Crippen molar-refractivity contribution in [2.45, 2.75) is 39.0 Å². The molecule has 0 aliphatic rings. The number of aromatic nitrogens is 1. The molecule has 3 aromatic rings. The lowest BCUT2D eigenvalue weighted by Gasteiger charge is -2.26. The third-order valence-corrected chi connectivity index (χ3v) is 5.91. The Morgan fingerprint density at radius 2 is 1.75 bits per heavy atom. The maximum atomic E-state index is 12.8. The number of alkyl halides is 3. The van der Waals surface area contributed by atoms with Crippen LogP contribution >= 0.6 is 11.3 Å². The molecule has 0 bridgehead atoms. The minimum atomic E-state index is -4.46. The predicted octanol–water partition coefficient (Wildman–Crippen LogP) is 4.51. The second-order valence-electron chi connectivity index (χ2n) is 8.24. The molecule has 3 rings (SSSR count). The largest absolute Gasteiger partial charge is 0.416 e. The van der Waals surface area contributed by atoms with Gasteiger partial charge < -0.3 is 15.5 Å². The third-order valence-electron chi connectivity index (χ3n) is 5.10. The van der Waals surface area contributed by atoms with Crippen LogP contribution in [0, 0.1) is 0 Å². The van der Waals surface area contributed by atoms with Gasteiger partial charge in [-0.05, 0) is 43.7 Å². The van der Waals surface area contributed by atoms with Crippen LogP contribution in [0.1, 0.15) is 41.0 Å². The van der Waals surface area contributed by atoms with Gasteiger partial charge in [0.05, 0.1) is 17.7 Å². The number of carbonyl (C=O) groups is 3. The number of nitrogens with zero attached hydrogens (tertiary/aromatic N) is 2. The van der Waals surface area contributed by atoms with Gasteiger partial charge in [-0.2, -0.15) is 13.2 Å². The van der Waals surface area contributed by atoms with E-state index in [2.05, 4.69) is 15.6 Å². The highest BCUT2D eigenvalue weighted by molar-refractivity contribution is 7.13. The van der Waals surface area contributed by atoms with Gasteiger partial charge >= 0.3 is 6.18 Å². The van der Waals surface area contributed by atoms with Gasteiger partial charge in [0, 0.05) is 23.5 Å². The number of amides is 3. The summed E-state index contributed by atoms with van der Waals surface area (Å²) in [6.45, 7) is 3.40. The number of benzene rings is 2. The van der Waals surface area contributed by atoms with Crippen molar-refractivity contribution in [1.29, 1.82) is 0 Å². The van der Waals surface area contributed by atoms with Gasteiger partial charge in [0.25, 0.3) is 5.91 Å². The molecule has 0 saturated carbocycles. The summed E-state index contributed by atoms with van der Waals surface area (Å²) in [6.07, 6.45) is -4.56. The minimum absolute atomic E-state index is 0.0586. The number of thiazole rings is 1. The lowest BCUT2D eigenvalue weighted by atomic mass is 10.1. The smallest absolute Gasteiger partial charge is 0.352 e. The molecule has 0 radical (unpaired) electrons. The Balaban J connectivity index is 1.52. The Bertz CT molecular complexity index is 1210. The van der Waals surface area contributed by atoms with Crippen LogP contribution in [0.2, 0.25) is 0 Å². The average Bonchev–Trinajstić information content (AvgIpc) is 3.27. The first kappa shape index (κ1) is 26.9. The number of hydrogen-bond acceptors (Lipinski definition) is 5. The third kappa shape index (κ3) is 7.64. The van der Waals surface area contributed by atoms with Crippen molar-refractivity contribution < 1.29 is 27.6 Å². The van der Waals surface area contributed by atoms with Crippen LogP contribution in [0.25, 0.3) is 0 Å². The first-order valence-electron chi connectivity index (χ1n) is 11.1. The van der Waals surface area contributed by atoms with Crippen molar-refractivity contribution in [3.05, 3.63) is 82.4 Å². The molecule has 2 N–H and O–H groups in total. The van der Waals surface area contributed by atoms with Crippen molar-refractivity contribution in [3.8, 4) is 0 Å². The molecule has 0 unspecified atom stereocenters. The van der Waals surface area contributed by atoms with Crippen molar-refractivity contribution in [2.75, 3.05) is 11.9 Å². The highest BCUT2D eigenvalue weighted by Crippen LogP contribution is 2.29. The summed E-state index contributed by atoms with van der Waals surface area (Å²) < 4.78 is 38.5. The molecular formula is C25H25F3N4O3S. The van der Waals surface area contributed by atoms with Gasteiger partial charge in [-0.3, -0.25) is 14.4 Å². The first-order chi connectivity index (χ1) is 17.0. The fraction of sp³-hybridized carbons (Fsp3) is 0.280. The van der Waals surface area contributed by atoms with Crippen LogP contribution in [0.3, 0.4) is 0 Å². The van der Waals surface area contributed by atoms with E-state index in [4.69, 9.17) is 0 Å². The fourth-order valence-corrected chi connectivity index (χ4v) is 4.01. The van der Waals surface area contributed by atoms with Crippen molar-refractivity contribution >= 4 is 34.2 Å². The zero-order valence-corrected chi connectivity index (χ0v) is 20.4. The molecule has 0 atom stereocenters. The second kappa shape index (κ2) is 11.8. The van der Waals surface area contributed by atoms with E-state index in [1.54, 1.807) is 35.7 Å². The van der Waals surface area contributed by atoms with Crippen molar-refractivity contribution in [1.82, 2.24) is 15.2 Å². The maximum Gasteiger partial charge on any atom is 0.416 e. The van der Waals surface area contributed by atoms with E-state index in [9.17, 15) is 27.6 Å². The van der Waals surface area contributed by atoms with Crippen LogP contribution in [0.4, 0.5) is 18.3 Å². The number of rotatable bonds is 9. The molecular weight excluding hydrogens is 493 g/mol. The van der Waals surface area contributed by atoms with Gasteiger partial charge in [-0.1, -0.05) is 30.3 Å². The van der Waals surface area contributed by atoms with E-state index in [-0.39, 0.29) is 36.6 Å². The van der Waals surface area contributed by atoms with Crippen LogP contribution in [0.15, 0.2) is 60.0 Å². The van der Waals surface area contributed by atoms with Gasteiger partial charge in [0.1, 0.15) is 6.54 Å². The summed E-state index contributed by atoms with van der Waals surface area (Å²) in [7, 11) is 0. The van der Waals surface area contributed by atoms with Crippen molar-refractivity contribution in [2.24, 2.45) is 0 Å². The predicted molar refractivity (Wildman–Crippen MR) is 130 cm³/mol. The number of carbonyl (C=O) groups excluding carboxylic acids is 3. The average molecular weight is 519 g/mol. The quantitative estimate of drug-likeness (QED) is 0.436. The van der Waals surface area contributed by atoms with Crippen LogP contribution in [-0.2, 0) is 28.7 Å². The summed E-state index contributed by atoms with van der Waals surface area (Å²) in [5.41, 5.74) is 0.421. The van der Waals surface area contributed by atoms with Crippen LogP contribution in [0.5, 0.6) is 0 Å². The van der Waals surface area contributed by atoms with Gasteiger partial charge in [-0.25, -0.2) is 4.98 Å². The normalized spacial score (nSPS) is 11.3. The van der Waals surface area contributed by atoms with E-state index in [0.717, 1.165) is 23.5 Å². The molecule has 0 saturated heterocycles. The fourth-order valence-electron chi connectivity index (χ4n) is 3.28. The first-order valence-corrected chi connectivity index (χ1v) is 11.9. The molecule has 3 amide bonds. The lowest BCUT2D eigenvalue weighted by molar-refractivity contribution is -0.137. The van der Waals surface area contributed by atoms with Gasteiger partial charge in [0.15, 0.2) is 5.13 Å². The topological polar surface area (TPSA) is 91.4 Å². The standard InChI is InChI=1S/C25H25F3N4O3S/c1-16(2)32(23(35)18-8-4-3-5-9-18)14-22(34)31-24-30-20(15-36-24)12-21(33)29-13-17-7-6-10-19(11-17)25(26,27)28/h3-11,15-16H,12-14H2,1-2H3,(H,29,33)(H,30,31,34). The van der Waals surface area contributed by atoms with Crippen LogP contribution in [-0.4, -0.2) is 40.2 Å². The molecule has 7 nitrogen and oxygen atoms in total. The van der Waals surface area contributed by atoms with Crippen LogP contribution < -0.4 is 10.6 Å². The Labute approximate surface area is 210 Å². The van der Waals surface area contributed by atoms with Gasteiger partial charge in [-0.15, -0.1) is 11.3 Å². The van der Waals surface area contributed by atoms with E-state index >= 15 is 0 Å². The lowest BCUT2D eigenvalue weighted by Crippen LogP contribution is -2.42. The molecule has 0 spiro atoms. The highest BCUT2D eigenvalue weighted by Gasteiger charge is 2.30. The Morgan fingerprint density at radius 1 is 1.03 bits per heavy atom. The number of nitrogens with one attached hydrogen (secondary N) is 2. The molecule has 11 heteroatoms. The Morgan fingerprint density at radius 3 is 2.42 bits per heavy atom. The molecule has 36 heavy (non-hydrogen) atoms. The van der Waals surface area contributed by atoms with E-state index in [1.165, 1.54) is 17.0 Å². The monoisotopic (exact) mass is 518 g/mol. The van der Waals surface area contributed by atoms with E-state index in [1.807, 2.05) is 13.8 Å². The Hall–Kier alpha value is -3.73. The summed E-state index contributed by atoms with van der Waals surface area (Å²) in [5.74, 6) is -1.11. The highest BCUT2D eigenvalue weighted by atomic mass is 32.1. The summed E-state index contributed by atoms with van der Waals surface area (Å²) in [5, 5.41) is 7.09. The zero-order valence-electron chi connectivity index (χ0n) is 19.6. The Kier molecular flexibility index (Phi) is 8.81. The summed E-state index contributed by atoms with van der Waals surface area (Å²) in [6, 6.07) is 13.2. The van der Waals surface area contributed by atoms with Crippen molar-refractivity contribution in [3.63, 3.8) is 0 Å². The molecule has 1 aromatic heterocycles. The SMILES string of the molecule is CC(C)N(CC(=O)Nc1nc(CC(=O)NCc2cccc(C(F)(F)F)c2)cs1)C(=O)c1ccccc1.